The van der Waals surface area contributed by atoms with Gasteiger partial charge in [-0.2, -0.15) is 0 Å². The Morgan fingerprint density at radius 1 is 1.12 bits per heavy atom. The van der Waals surface area contributed by atoms with Crippen LogP contribution in [0.1, 0.15) is 39.7 Å². The minimum Gasteiger partial charge on any atom is -0.496 e. The predicted molar refractivity (Wildman–Crippen MR) is 118 cm³/mol. The van der Waals surface area contributed by atoms with Crippen molar-refractivity contribution in [2.45, 2.75) is 52.7 Å². The van der Waals surface area contributed by atoms with E-state index in [1.165, 1.54) is 0 Å². The van der Waals surface area contributed by atoms with Gasteiger partial charge in [0.1, 0.15) is 5.75 Å². The van der Waals surface area contributed by atoms with E-state index in [4.69, 9.17) is 4.74 Å². The molecule has 0 spiro atoms. The van der Waals surface area contributed by atoms with Crippen molar-refractivity contribution in [2.75, 3.05) is 27.2 Å². The van der Waals surface area contributed by atoms with Crippen molar-refractivity contribution in [2.24, 2.45) is 4.99 Å². The molecule has 0 fully saturated rings. The van der Waals surface area contributed by atoms with Gasteiger partial charge in [-0.3, -0.25) is 9.89 Å². The molecule has 25 heavy (non-hydrogen) atoms. The van der Waals surface area contributed by atoms with Gasteiger partial charge in [0, 0.05) is 44.3 Å². The van der Waals surface area contributed by atoms with Crippen LogP contribution < -0.4 is 15.4 Å². The number of methoxy groups -OCH3 is 1. The molecular formula is C19H35IN4O. The summed E-state index contributed by atoms with van der Waals surface area (Å²) in [5.74, 6) is 1.71. The lowest BCUT2D eigenvalue weighted by Gasteiger charge is -2.30. The Kier molecular flexibility index (Phi) is 12.7. The van der Waals surface area contributed by atoms with E-state index in [0.29, 0.717) is 18.6 Å². The van der Waals surface area contributed by atoms with Crippen LogP contribution >= 0.6 is 24.0 Å². The highest BCUT2D eigenvalue weighted by Crippen LogP contribution is 2.16. The van der Waals surface area contributed by atoms with Crippen LogP contribution in [0.5, 0.6) is 5.75 Å². The van der Waals surface area contributed by atoms with E-state index in [1.54, 1.807) is 14.2 Å². The molecule has 1 rings (SSSR count). The number of ether oxygens (including phenoxy) is 1. The summed E-state index contributed by atoms with van der Waals surface area (Å²) in [5, 5.41) is 6.72. The zero-order valence-electron chi connectivity index (χ0n) is 16.5. The van der Waals surface area contributed by atoms with Crippen molar-refractivity contribution < 1.29 is 4.74 Å². The molecule has 0 amide bonds. The van der Waals surface area contributed by atoms with Crippen molar-refractivity contribution in [3.63, 3.8) is 0 Å². The Bertz CT molecular complexity index is 498. The molecule has 0 saturated carbocycles. The van der Waals surface area contributed by atoms with Gasteiger partial charge < -0.3 is 15.4 Å². The number of aliphatic imine (C=N–C) groups is 1. The minimum atomic E-state index is 0. The van der Waals surface area contributed by atoms with Gasteiger partial charge in [0.05, 0.1) is 7.11 Å². The minimum absolute atomic E-state index is 0. The standard InChI is InChI=1S/C19H34N4O.HI/c1-15(2)23(16(3)4)13-9-12-21-19(20-5)22-14-17-10-7-8-11-18(17)24-6;/h7-8,10-11,15-16H,9,12-14H2,1-6H3,(H2,20,21,22);1H. The maximum atomic E-state index is 5.38. The number of para-hydroxylation sites is 1. The number of benzene rings is 1. The van der Waals surface area contributed by atoms with E-state index >= 15 is 0 Å². The zero-order chi connectivity index (χ0) is 17.9. The SMILES string of the molecule is CN=C(NCCCN(C(C)C)C(C)C)NCc1ccccc1OC.I. The fraction of sp³-hybridized carbons (Fsp3) is 0.632. The van der Waals surface area contributed by atoms with E-state index in [1.807, 2.05) is 18.2 Å². The summed E-state index contributed by atoms with van der Waals surface area (Å²) in [6, 6.07) is 9.18. The van der Waals surface area contributed by atoms with E-state index in [-0.39, 0.29) is 24.0 Å². The summed E-state index contributed by atoms with van der Waals surface area (Å²) in [5.41, 5.74) is 1.12. The van der Waals surface area contributed by atoms with E-state index < -0.39 is 0 Å². The molecule has 0 aliphatic rings. The smallest absolute Gasteiger partial charge is 0.191 e. The molecule has 0 heterocycles. The summed E-state index contributed by atoms with van der Waals surface area (Å²) in [7, 11) is 3.49. The number of hydrogen-bond donors (Lipinski definition) is 2. The molecule has 0 aliphatic carbocycles. The summed E-state index contributed by atoms with van der Waals surface area (Å²) in [6.45, 7) is 11.7. The number of halogens is 1. The second kappa shape index (κ2) is 13.2. The van der Waals surface area contributed by atoms with Crippen LogP contribution in [0, 0.1) is 0 Å². The molecule has 1 aromatic carbocycles. The normalized spacial score (nSPS) is 11.6. The molecule has 6 heteroatoms. The Hall–Kier alpha value is -1.02. The van der Waals surface area contributed by atoms with Gasteiger partial charge in [0.2, 0.25) is 0 Å². The number of hydrogen-bond acceptors (Lipinski definition) is 3. The van der Waals surface area contributed by atoms with Crippen molar-refractivity contribution in [1.82, 2.24) is 15.5 Å². The fourth-order valence-corrected chi connectivity index (χ4v) is 2.83. The summed E-state index contributed by atoms with van der Waals surface area (Å²) in [6.07, 6.45) is 1.09. The molecule has 0 unspecified atom stereocenters. The summed E-state index contributed by atoms with van der Waals surface area (Å²) < 4.78 is 5.38. The first-order valence-corrected chi connectivity index (χ1v) is 8.81. The summed E-state index contributed by atoms with van der Waals surface area (Å²) >= 11 is 0. The first kappa shape index (κ1) is 24.0. The average molecular weight is 462 g/mol. The first-order valence-electron chi connectivity index (χ1n) is 8.81. The number of nitrogens with one attached hydrogen (secondary N) is 2. The molecular weight excluding hydrogens is 427 g/mol. The topological polar surface area (TPSA) is 48.9 Å². The van der Waals surface area contributed by atoms with Crippen molar-refractivity contribution in [3.05, 3.63) is 29.8 Å². The molecule has 2 N–H and O–H groups in total. The number of rotatable bonds is 9. The van der Waals surface area contributed by atoms with Crippen molar-refractivity contribution in [3.8, 4) is 5.75 Å². The van der Waals surface area contributed by atoms with Crippen LogP contribution in [-0.2, 0) is 6.54 Å². The maximum Gasteiger partial charge on any atom is 0.191 e. The van der Waals surface area contributed by atoms with Crippen LogP contribution in [0.25, 0.3) is 0 Å². The highest BCUT2D eigenvalue weighted by molar-refractivity contribution is 14.0. The maximum absolute atomic E-state index is 5.38. The Morgan fingerprint density at radius 2 is 1.76 bits per heavy atom. The Balaban J connectivity index is 0.00000576. The second-order valence-corrected chi connectivity index (χ2v) is 6.44. The lowest BCUT2D eigenvalue weighted by molar-refractivity contribution is 0.173. The second-order valence-electron chi connectivity index (χ2n) is 6.44. The lowest BCUT2D eigenvalue weighted by Crippen LogP contribution is -2.41. The van der Waals surface area contributed by atoms with Crippen LogP contribution in [0.15, 0.2) is 29.3 Å². The molecule has 5 nitrogen and oxygen atoms in total. The Morgan fingerprint density at radius 3 is 2.32 bits per heavy atom. The van der Waals surface area contributed by atoms with Gasteiger partial charge in [0.25, 0.3) is 0 Å². The van der Waals surface area contributed by atoms with Gasteiger partial charge in [-0.1, -0.05) is 18.2 Å². The van der Waals surface area contributed by atoms with Crippen molar-refractivity contribution >= 4 is 29.9 Å². The van der Waals surface area contributed by atoms with E-state index in [9.17, 15) is 0 Å². The predicted octanol–water partition coefficient (Wildman–Crippen LogP) is 3.49. The third kappa shape index (κ3) is 8.76. The van der Waals surface area contributed by atoms with E-state index in [0.717, 1.165) is 36.8 Å². The number of guanidine groups is 1. The highest BCUT2D eigenvalue weighted by Gasteiger charge is 2.12. The lowest BCUT2D eigenvalue weighted by atomic mass is 10.2. The monoisotopic (exact) mass is 462 g/mol. The van der Waals surface area contributed by atoms with E-state index in [2.05, 4.69) is 54.3 Å². The molecule has 0 atom stereocenters. The average Bonchev–Trinajstić information content (AvgIpc) is 2.56. The number of nitrogens with zero attached hydrogens (tertiary/aromatic N) is 2. The third-order valence-electron chi connectivity index (χ3n) is 4.07. The van der Waals surface area contributed by atoms with Gasteiger partial charge in [0.15, 0.2) is 5.96 Å². The fourth-order valence-electron chi connectivity index (χ4n) is 2.83. The van der Waals surface area contributed by atoms with Crippen LogP contribution in [-0.4, -0.2) is 50.2 Å². The zero-order valence-corrected chi connectivity index (χ0v) is 18.8. The quantitative estimate of drug-likeness (QED) is 0.255. The highest BCUT2D eigenvalue weighted by atomic mass is 127. The van der Waals surface area contributed by atoms with Crippen LogP contribution in [0.3, 0.4) is 0 Å². The molecule has 144 valence electrons. The Labute approximate surface area is 170 Å². The molecule has 1 aromatic rings. The third-order valence-corrected chi connectivity index (χ3v) is 4.07. The molecule has 0 radical (unpaired) electrons. The largest absolute Gasteiger partial charge is 0.496 e. The summed E-state index contributed by atoms with van der Waals surface area (Å²) in [4.78, 5) is 6.79. The van der Waals surface area contributed by atoms with Gasteiger partial charge in [-0.25, -0.2) is 0 Å². The molecule has 0 saturated heterocycles. The molecule has 0 aromatic heterocycles. The van der Waals surface area contributed by atoms with Gasteiger partial charge >= 0.3 is 0 Å². The van der Waals surface area contributed by atoms with Gasteiger partial charge in [-0.15, -0.1) is 24.0 Å². The first-order chi connectivity index (χ1) is 11.5. The molecule has 0 bridgehead atoms. The molecule has 0 aliphatic heterocycles. The van der Waals surface area contributed by atoms with Gasteiger partial charge in [-0.05, 0) is 40.2 Å². The van der Waals surface area contributed by atoms with Crippen LogP contribution in [0.4, 0.5) is 0 Å². The van der Waals surface area contributed by atoms with Crippen molar-refractivity contribution in [1.29, 1.82) is 0 Å². The van der Waals surface area contributed by atoms with Crippen LogP contribution in [0.2, 0.25) is 0 Å².